The van der Waals surface area contributed by atoms with E-state index >= 15 is 0 Å². The number of methoxy groups -OCH3 is 3. The van der Waals surface area contributed by atoms with Crippen LogP contribution in [0.5, 0.6) is 17.2 Å². The molecule has 0 atom stereocenters. The Morgan fingerprint density at radius 1 is 0.955 bits per heavy atom. The summed E-state index contributed by atoms with van der Waals surface area (Å²) in [5, 5.41) is 0. The van der Waals surface area contributed by atoms with E-state index in [1.165, 1.54) is 16.8 Å². The van der Waals surface area contributed by atoms with Gasteiger partial charge in [-0.15, -0.1) is 0 Å². The second kappa shape index (κ2) is 6.69. The van der Waals surface area contributed by atoms with Crippen LogP contribution in [0, 0.1) is 13.8 Å². The molecule has 4 heteroatoms. The van der Waals surface area contributed by atoms with Crippen LogP contribution in [-0.2, 0) is 13.5 Å². The lowest BCUT2D eigenvalue weighted by molar-refractivity contribution is -0.679. The first-order valence-electron chi connectivity index (χ1n) is 7.25. The first-order valence-corrected chi connectivity index (χ1v) is 7.25. The molecule has 0 radical (unpaired) electrons. The number of benzene rings is 1. The summed E-state index contributed by atoms with van der Waals surface area (Å²) in [4.78, 5) is 0. The molecule has 0 aliphatic heterocycles. The number of pyridine rings is 1. The van der Waals surface area contributed by atoms with Crippen molar-refractivity contribution in [3.63, 3.8) is 0 Å². The van der Waals surface area contributed by atoms with Crippen molar-refractivity contribution in [1.29, 1.82) is 0 Å². The van der Waals surface area contributed by atoms with Gasteiger partial charge in [-0.3, -0.25) is 0 Å². The predicted molar refractivity (Wildman–Crippen MR) is 86.0 cm³/mol. The van der Waals surface area contributed by atoms with E-state index in [1.807, 2.05) is 12.1 Å². The standard InChI is InChI=1S/C18H24NO3/c1-12-7-8-19(3)15(13(12)2)9-14-10-16(20-4)18(22-6)17(11-14)21-5/h7-8,10-11H,9H2,1-6H3/q+1. The van der Waals surface area contributed by atoms with Crippen LogP contribution >= 0.6 is 0 Å². The molecule has 2 rings (SSSR count). The van der Waals surface area contributed by atoms with Crippen molar-refractivity contribution in [3.8, 4) is 17.2 Å². The van der Waals surface area contributed by atoms with Crippen molar-refractivity contribution in [3.05, 3.63) is 46.8 Å². The summed E-state index contributed by atoms with van der Waals surface area (Å²) in [6, 6.07) is 6.14. The Hall–Kier alpha value is -2.23. The molecule has 0 fully saturated rings. The van der Waals surface area contributed by atoms with Crippen LogP contribution in [0.2, 0.25) is 0 Å². The molecule has 22 heavy (non-hydrogen) atoms. The highest BCUT2D eigenvalue weighted by Crippen LogP contribution is 2.38. The van der Waals surface area contributed by atoms with E-state index in [4.69, 9.17) is 14.2 Å². The van der Waals surface area contributed by atoms with E-state index in [0.29, 0.717) is 17.2 Å². The van der Waals surface area contributed by atoms with Gasteiger partial charge in [0, 0.05) is 11.6 Å². The molecule has 0 bridgehead atoms. The maximum absolute atomic E-state index is 5.43. The van der Waals surface area contributed by atoms with Gasteiger partial charge >= 0.3 is 0 Å². The highest BCUT2D eigenvalue weighted by molar-refractivity contribution is 5.54. The Kier molecular flexibility index (Phi) is 4.91. The molecule has 0 saturated heterocycles. The summed E-state index contributed by atoms with van der Waals surface area (Å²) < 4.78 is 18.4. The molecular weight excluding hydrogens is 278 g/mol. The van der Waals surface area contributed by atoms with E-state index < -0.39 is 0 Å². The summed E-state index contributed by atoms with van der Waals surface area (Å²) >= 11 is 0. The molecular formula is C18H24NO3+. The van der Waals surface area contributed by atoms with Crippen LogP contribution in [-0.4, -0.2) is 21.3 Å². The summed E-state index contributed by atoms with van der Waals surface area (Å²) in [5.74, 6) is 1.99. The topological polar surface area (TPSA) is 31.6 Å². The maximum Gasteiger partial charge on any atom is 0.203 e. The third-order valence-electron chi connectivity index (χ3n) is 4.09. The fourth-order valence-corrected chi connectivity index (χ4v) is 2.62. The van der Waals surface area contributed by atoms with Gasteiger partial charge in [-0.05, 0) is 37.1 Å². The lowest BCUT2D eigenvalue weighted by Crippen LogP contribution is -2.34. The third-order valence-corrected chi connectivity index (χ3v) is 4.09. The fourth-order valence-electron chi connectivity index (χ4n) is 2.62. The van der Waals surface area contributed by atoms with Crippen LogP contribution < -0.4 is 18.8 Å². The maximum atomic E-state index is 5.43. The van der Waals surface area contributed by atoms with Gasteiger partial charge in [-0.2, -0.15) is 0 Å². The molecule has 0 aliphatic carbocycles. The molecule has 0 aliphatic rings. The summed E-state index contributed by atoms with van der Waals surface area (Å²) in [6.07, 6.45) is 2.90. The zero-order valence-corrected chi connectivity index (χ0v) is 14.2. The largest absolute Gasteiger partial charge is 0.493 e. The Bertz CT molecular complexity index is 655. The van der Waals surface area contributed by atoms with Gasteiger partial charge in [0.1, 0.15) is 7.05 Å². The Morgan fingerprint density at radius 3 is 2.05 bits per heavy atom. The molecule has 1 heterocycles. The van der Waals surface area contributed by atoms with Gasteiger partial charge in [-0.1, -0.05) is 0 Å². The minimum Gasteiger partial charge on any atom is -0.493 e. The summed E-state index contributed by atoms with van der Waals surface area (Å²) in [7, 11) is 6.96. The smallest absolute Gasteiger partial charge is 0.203 e. The molecule has 118 valence electrons. The molecule has 0 N–H and O–H groups in total. The lowest BCUT2D eigenvalue weighted by atomic mass is 10.0. The average Bonchev–Trinajstić information content (AvgIpc) is 2.54. The van der Waals surface area contributed by atoms with Crippen LogP contribution in [0.1, 0.15) is 22.4 Å². The zero-order valence-electron chi connectivity index (χ0n) is 14.2. The fraction of sp³-hybridized carbons (Fsp3) is 0.389. The van der Waals surface area contributed by atoms with Crippen molar-refractivity contribution < 1.29 is 18.8 Å². The van der Waals surface area contributed by atoms with Gasteiger partial charge in [0.05, 0.1) is 27.8 Å². The Balaban J connectivity index is 2.49. The lowest BCUT2D eigenvalue weighted by Gasteiger charge is -2.14. The van der Waals surface area contributed by atoms with Crippen LogP contribution in [0.25, 0.3) is 0 Å². The number of ether oxygens (including phenoxy) is 3. The molecule has 2 aromatic rings. The molecule has 4 nitrogen and oxygen atoms in total. The Labute approximate surface area is 132 Å². The van der Waals surface area contributed by atoms with E-state index in [0.717, 1.165) is 12.0 Å². The highest BCUT2D eigenvalue weighted by Gasteiger charge is 2.18. The van der Waals surface area contributed by atoms with E-state index in [9.17, 15) is 0 Å². The van der Waals surface area contributed by atoms with Gasteiger partial charge in [-0.25, -0.2) is 4.57 Å². The quantitative estimate of drug-likeness (QED) is 0.796. The van der Waals surface area contributed by atoms with E-state index in [1.54, 1.807) is 21.3 Å². The highest BCUT2D eigenvalue weighted by atomic mass is 16.5. The minimum atomic E-state index is 0.624. The Morgan fingerprint density at radius 2 is 1.55 bits per heavy atom. The zero-order chi connectivity index (χ0) is 16.3. The van der Waals surface area contributed by atoms with Crippen molar-refractivity contribution in [2.24, 2.45) is 7.05 Å². The van der Waals surface area contributed by atoms with Crippen molar-refractivity contribution >= 4 is 0 Å². The molecule has 0 spiro atoms. The SMILES string of the molecule is COc1cc(Cc2c(C)c(C)cc[n+]2C)cc(OC)c1OC. The number of hydrogen-bond donors (Lipinski definition) is 0. The van der Waals surface area contributed by atoms with Crippen LogP contribution in [0.3, 0.4) is 0 Å². The number of aromatic nitrogens is 1. The van der Waals surface area contributed by atoms with Gasteiger partial charge in [0.25, 0.3) is 0 Å². The van der Waals surface area contributed by atoms with Crippen molar-refractivity contribution in [2.75, 3.05) is 21.3 Å². The first-order chi connectivity index (χ1) is 10.5. The van der Waals surface area contributed by atoms with E-state index in [-0.39, 0.29) is 0 Å². The monoisotopic (exact) mass is 302 g/mol. The number of aryl methyl sites for hydroxylation is 2. The van der Waals surface area contributed by atoms with Gasteiger partial charge in [0.2, 0.25) is 5.75 Å². The van der Waals surface area contributed by atoms with E-state index in [2.05, 4.69) is 37.7 Å². The van der Waals surface area contributed by atoms with Crippen LogP contribution in [0.4, 0.5) is 0 Å². The number of nitrogens with zero attached hydrogens (tertiary/aromatic N) is 1. The molecule has 0 saturated carbocycles. The van der Waals surface area contributed by atoms with Gasteiger partial charge < -0.3 is 14.2 Å². The van der Waals surface area contributed by atoms with Crippen LogP contribution in [0.15, 0.2) is 24.4 Å². The second-order valence-corrected chi connectivity index (χ2v) is 5.39. The second-order valence-electron chi connectivity index (χ2n) is 5.39. The molecule has 0 amide bonds. The molecule has 0 unspecified atom stereocenters. The molecule has 1 aromatic heterocycles. The summed E-state index contributed by atoms with van der Waals surface area (Å²) in [6.45, 7) is 4.29. The normalized spacial score (nSPS) is 10.5. The van der Waals surface area contributed by atoms with Crippen molar-refractivity contribution in [1.82, 2.24) is 0 Å². The first kappa shape index (κ1) is 16.1. The third kappa shape index (κ3) is 3.01. The van der Waals surface area contributed by atoms with Gasteiger partial charge in [0.15, 0.2) is 23.4 Å². The average molecular weight is 302 g/mol. The minimum absolute atomic E-state index is 0.624. The number of hydrogen-bond acceptors (Lipinski definition) is 3. The summed E-state index contributed by atoms with van der Waals surface area (Å²) in [5.41, 5.74) is 4.99. The molecule has 1 aromatic carbocycles. The predicted octanol–water partition coefficient (Wildman–Crippen LogP) is 2.74. The van der Waals surface area contributed by atoms with Crippen molar-refractivity contribution in [2.45, 2.75) is 20.3 Å². The number of rotatable bonds is 5.